The second kappa shape index (κ2) is 7.81. The minimum Gasteiger partial charge on any atom is -0.465 e. The van der Waals surface area contributed by atoms with Gasteiger partial charge < -0.3 is 14.6 Å². The van der Waals surface area contributed by atoms with Crippen LogP contribution >= 0.6 is 34.4 Å². The molecule has 3 aromatic rings. The van der Waals surface area contributed by atoms with Gasteiger partial charge in [-0.15, -0.1) is 32.9 Å². The van der Waals surface area contributed by atoms with Crippen LogP contribution in [0.15, 0.2) is 34.1 Å². The van der Waals surface area contributed by atoms with Gasteiger partial charge in [-0.25, -0.2) is 4.79 Å². The number of rotatable bonds is 6. The van der Waals surface area contributed by atoms with Crippen molar-refractivity contribution in [2.45, 2.75) is 5.16 Å². The number of nitrogens with zero attached hydrogens (tertiary/aromatic N) is 3. The number of esters is 1. The lowest BCUT2D eigenvalue weighted by atomic mass is 10.3. The Morgan fingerprint density at radius 2 is 2.12 bits per heavy atom. The van der Waals surface area contributed by atoms with Crippen LogP contribution in [0.2, 0.25) is 0 Å². The van der Waals surface area contributed by atoms with Crippen LogP contribution < -0.4 is 5.32 Å². The Labute approximate surface area is 156 Å². The maximum atomic E-state index is 12.2. The van der Waals surface area contributed by atoms with Gasteiger partial charge in [0.05, 0.1) is 23.3 Å². The molecule has 0 spiro atoms. The number of amides is 1. The molecular formula is C15H14N4O3S3. The summed E-state index contributed by atoms with van der Waals surface area (Å²) in [6.45, 7) is 0. The largest absolute Gasteiger partial charge is 0.465 e. The molecular weight excluding hydrogens is 380 g/mol. The highest BCUT2D eigenvalue weighted by molar-refractivity contribution is 7.99. The Bertz CT molecular complexity index is 886. The molecule has 10 heteroatoms. The van der Waals surface area contributed by atoms with Gasteiger partial charge in [0.15, 0.2) is 11.0 Å². The first-order chi connectivity index (χ1) is 12.1. The molecule has 0 atom stereocenters. The summed E-state index contributed by atoms with van der Waals surface area (Å²) in [5.41, 5.74) is 0.351. The zero-order valence-corrected chi connectivity index (χ0v) is 15.8. The molecule has 3 rings (SSSR count). The molecule has 0 aliphatic carbocycles. The minimum absolute atomic E-state index is 0.162. The summed E-state index contributed by atoms with van der Waals surface area (Å²) < 4.78 is 6.55. The molecule has 0 aliphatic heterocycles. The van der Waals surface area contributed by atoms with E-state index in [0.717, 1.165) is 10.7 Å². The standard InChI is InChI=1S/C15H14N4O3S3/c1-19-12(10-4-3-6-23-10)17-18-15(19)25-8-11(20)16-13-9(5-7-24-13)14(21)22-2/h3-7H,8H2,1-2H3,(H,16,20). The first-order valence-electron chi connectivity index (χ1n) is 7.12. The molecule has 0 saturated heterocycles. The zero-order valence-electron chi connectivity index (χ0n) is 13.4. The lowest BCUT2D eigenvalue weighted by Gasteiger charge is -2.05. The number of thioether (sulfide) groups is 1. The number of thiophene rings is 2. The summed E-state index contributed by atoms with van der Waals surface area (Å²) >= 11 is 4.14. The number of nitrogens with one attached hydrogen (secondary N) is 1. The number of carbonyl (C=O) groups excluding carboxylic acids is 2. The molecule has 130 valence electrons. The van der Waals surface area contributed by atoms with Crippen molar-refractivity contribution in [3.05, 3.63) is 34.5 Å². The van der Waals surface area contributed by atoms with Gasteiger partial charge in [-0.2, -0.15) is 0 Å². The Kier molecular flexibility index (Phi) is 5.51. The van der Waals surface area contributed by atoms with Crippen LogP contribution in [0.1, 0.15) is 10.4 Å². The molecule has 25 heavy (non-hydrogen) atoms. The van der Waals surface area contributed by atoms with Gasteiger partial charge in [0.2, 0.25) is 5.91 Å². The minimum atomic E-state index is -0.474. The number of hydrogen-bond acceptors (Lipinski definition) is 8. The Hall–Kier alpha value is -2.17. The summed E-state index contributed by atoms with van der Waals surface area (Å²) in [4.78, 5) is 24.8. The zero-order chi connectivity index (χ0) is 17.8. The summed E-state index contributed by atoms with van der Waals surface area (Å²) in [6, 6.07) is 5.55. The van der Waals surface area contributed by atoms with Crippen LogP contribution in [0.25, 0.3) is 10.7 Å². The van der Waals surface area contributed by atoms with E-state index in [1.54, 1.807) is 22.8 Å². The molecule has 0 bridgehead atoms. The van der Waals surface area contributed by atoms with Crippen LogP contribution in [0.5, 0.6) is 0 Å². The SMILES string of the molecule is COC(=O)c1ccsc1NC(=O)CSc1nnc(-c2cccs2)n1C. The Morgan fingerprint density at radius 3 is 2.84 bits per heavy atom. The van der Waals surface area contributed by atoms with Crippen LogP contribution in [-0.2, 0) is 16.6 Å². The Balaban J connectivity index is 1.62. The topological polar surface area (TPSA) is 86.1 Å². The number of carbonyl (C=O) groups is 2. The average Bonchev–Trinajstić information content (AvgIpc) is 3.33. The molecule has 1 amide bonds. The second-order valence-corrected chi connectivity index (χ2v) is 7.64. The van der Waals surface area contributed by atoms with E-state index in [1.807, 2.05) is 29.1 Å². The van der Waals surface area contributed by atoms with Gasteiger partial charge in [0.25, 0.3) is 0 Å². The van der Waals surface area contributed by atoms with E-state index in [2.05, 4.69) is 15.5 Å². The summed E-state index contributed by atoms with van der Waals surface area (Å²) in [5.74, 6) is 0.232. The predicted octanol–water partition coefficient (Wildman–Crippen LogP) is 3.12. The normalized spacial score (nSPS) is 10.6. The highest BCUT2D eigenvalue weighted by Crippen LogP contribution is 2.27. The molecule has 0 aliphatic rings. The predicted molar refractivity (Wildman–Crippen MR) is 99.3 cm³/mol. The van der Waals surface area contributed by atoms with Crippen molar-refractivity contribution in [3.8, 4) is 10.7 Å². The van der Waals surface area contributed by atoms with E-state index in [9.17, 15) is 9.59 Å². The van der Waals surface area contributed by atoms with Crippen molar-refractivity contribution in [2.24, 2.45) is 7.05 Å². The van der Waals surface area contributed by atoms with Crippen molar-refractivity contribution in [1.29, 1.82) is 0 Å². The second-order valence-electron chi connectivity index (χ2n) is 4.83. The van der Waals surface area contributed by atoms with Gasteiger partial charge >= 0.3 is 5.97 Å². The third-order valence-corrected chi connectivity index (χ3v) is 5.95. The third kappa shape index (κ3) is 3.91. The molecule has 3 heterocycles. The molecule has 1 N–H and O–H groups in total. The number of aromatic nitrogens is 3. The van der Waals surface area contributed by atoms with Gasteiger partial charge in [-0.1, -0.05) is 17.8 Å². The van der Waals surface area contributed by atoms with E-state index in [-0.39, 0.29) is 11.7 Å². The van der Waals surface area contributed by atoms with E-state index in [4.69, 9.17) is 4.74 Å². The lowest BCUT2D eigenvalue weighted by Crippen LogP contribution is -2.16. The van der Waals surface area contributed by atoms with Crippen molar-refractivity contribution in [2.75, 3.05) is 18.2 Å². The van der Waals surface area contributed by atoms with Crippen LogP contribution in [-0.4, -0.2) is 39.5 Å². The average molecular weight is 395 g/mol. The van der Waals surface area contributed by atoms with E-state index >= 15 is 0 Å². The smallest absolute Gasteiger partial charge is 0.340 e. The number of anilines is 1. The van der Waals surface area contributed by atoms with Crippen molar-refractivity contribution >= 4 is 51.3 Å². The molecule has 0 radical (unpaired) electrons. The number of methoxy groups -OCH3 is 1. The van der Waals surface area contributed by atoms with Crippen LogP contribution in [0, 0.1) is 0 Å². The van der Waals surface area contributed by atoms with E-state index < -0.39 is 5.97 Å². The molecule has 0 fully saturated rings. The maximum absolute atomic E-state index is 12.2. The summed E-state index contributed by atoms with van der Waals surface area (Å²) in [7, 11) is 3.17. The lowest BCUT2D eigenvalue weighted by molar-refractivity contribution is -0.113. The summed E-state index contributed by atoms with van der Waals surface area (Å²) in [5, 5.41) is 15.9. The fourth-order valence-electron chi connectivity index (χ4n) is 2.03. The quantitative estimate of drug-likeness (QED) is 0.511. The molecule has 0 aromatic carbocycles. The fraction of sp³-hybridized carbons (Fsp3) is 0.200. The van der Waals surface area contributed by atoms with E-state index in [1.165, 1.54) is 30.2 Å². The molecule has 0 saturated carbocycles. The van der Waals surface area contributed by atoms with Crippen molar-refractivity contribution in [1.82, 2.24) is 14.8 Å². The third-order valence-electron chi connectivity index (χ3n) is 3.23. The van der Waals surface area contributed by atoms with Crippen LogP contribution in [0.4, 0.5) is 5.00 Å². The summed E-state index contributed by atoms with van der Waals surface area (Å²) in [6.07, 6.45) is 0. The van der Waals surface area contributed by atoms with Crippen LogP contribution in [0.3, 0.4) is 0 Å². The first kappa shape index (κ1) is 17.6. The van der Waals surface area contributed by atoms with Crippen molar-refractivity contribution < 1.29 is 14.3 Å². The maximum Gasteiger partial charge on any atom is 0.340 e. The van der Waals surface area contributed by atoms with E-state index in [0.29, 0.717) is 15.7 Å². The van der Waals surface area contributed by atoms with Gasteiger partial charge in [-0.3, -0.25) is 4.79 Å². The molecule has 7 nitrogen and oxygen atoms in total. The monoisotopic (exact) mass is 394 g/mol. The first-order valence-corrected chi connectivity index (χ1v) is 9.86. The van der Waals surface area contributed by atoms with Gasteiger partial charge in [0.1, 0.15) is 5.00 Å². The molecule has 3 aromatic heterocycles. The van der Waals surface area contributed by atoms with Gasteiger partial charge in [-0.05, 0) is 22.9 Å². The Morgan fingerprint density at radius 1 is 1.28 bits per heavy atom. The highest BCUT2D eigenvalue weighted by atomic mass is 32.2. The van der Waals surface area contributed by atoms with Crippen molar-refractivity contribution in [3.63, 3.8) is 0 Å². The highest BCUT2D eigenvalue weighted by Gasteiger charge is 2.17. The molecule has 0 unspecified atom stereocenters. The number of hydrogen-bond donors (Lipinski definition) is 1. The number of ether oxygens (including phenoxy) is 1. The van der Waals surface area contributed by atoms with Gasteiger partial charge in [0, 0.05) is 7.05 Å². The fourth-order valence-corrected chi connectivity index (χ4v) is 4.28.